The minimum absolute atomic E-state index is 0.0148. The Hall–Kier alpha value is -2.36. The number of rotatable bonds is 4. The molecule has 0 spiro atoms. The van der Waals surface area contributed by atoms with Crippen molar-refractivity contribution >= 4 is 39.5 Å². The van der Waals surface area contributed by atoms with Gasteiger partial charge in [0, 0.05) is 23.7 Å². The zero-order valence-electron chi connectivity index (χ0n) is 16.8. The molecule has 1 amide bonds. The molecule has 3 aromatic heterocycles. The van der Waals surface area contributed by atoms with Gasteiger partial charge in [0.2, 0.25) is 0 Å². The van der Waals surface area contributed by atoms with Crippen LogP contribution < -0.4 is 5.32 Å². The van der Waals surface area contributed by atoms with E-state index in [1.165, 1.54) is 11.3 Å². The molecule has 7 nitrogen and oxygen atoms in total. The van der Waals surface area contributed by atoms with Gasteiger partial charge in [-0.25, -0.2) is 15.0 Å². The molecule has 0 saturated carbocycles. The molecule has 30 heavy (non-hydrogen) atoms. The molecule has 2 saturated heterocycles. The largest absolute Gasteiger partial charge is 0.393 e. The number of aromatic nitrogens is 3. The van der Waals surface area contributed by atoms with E-state index in [2.05, 4.69) is 20.3 Å². The fraction of sp³-hybridized carbons (Fsp3) is 0.429. The van der Waals surface area contributed by atoms with Crippen LogP contribution in [0, 0.1) is 13.8 Å². The molecule has 0 aromatic carbocycles. The summed E-state index contributed by atoms with van der Waals surface area (Å²) >= 11 is 3.16. The Bertz CT molecular complexity index is 1060. The molecule has 2 N–H and O–H groups in total. The smallest absolute Gasteiger partial charge is 0.255 e. The van der Waals surface area contributed by atoms with Gasteiger partial charge in [-0.1, -0.05) is 0 Å². The number of fused-ring (bicyclic) bond motifs is 2. The number of pyridine rings is 1. The highest BCUT2D eigenvalue weighted by atomic mass is 32.1. The van der Waals surface area contributed by atoms with Gasteiger partial charge in [-0.3, -0.25) is 4.79 Å². The molecular weight excluding hydrogens is 418 g/mol. The number of aliphatic hydroxyl groups is 1. The van der Waals surface area contributed by atoms with Crippen LogP contribution in [0.2, 0.25) is 0 Å². The van der Waals surface area contributed by atoms with Crippen LogP contribution in [0.25, 0.3) is 10.6 Å². The summed E-state index contributed by atoms with van der Waals surface area (Å²) in [4.78, 5) is 29.6. The van der Waals surface area contributed by atoms with Crippen LogP contribution in [0.3, 0.4) is 0 Å². The summed E-state index contributed by atoms with van der Waals surface area (Å²) in [6.07, 6.45) is 4.66. The maximum absolute atomic E-state index is 13.0. The minimum atomic E-state index is -0.280. The number of nitrogens with zero attached hydrogens (tertiary/aromatic N) is 4. The Morgan fingerprint density at radius 2 is 1.97 bits per heavy atom. The van der Waals surface area contributed by atoms with Crippen molar-refractivity contribution in [3.05, 3.63) is 40.0 Å². The molecule has 1 unspecified atom stereocenters. The lowest BCUT2D eigenvalue weighted by atomic mass is 9.99. The Labute approximate surface area is 182 Å². The second-order valence-electron chi connectivity index (χ2n) is 7.97. The third-order valence-corrected chi connectivity index (χ3v) is 7.68. The van der Waals surface area contributed by atoms with E-state index in [1.54, 1.807) is 17.5 Å². The van der Waals surface area contributed by atoms with E-state index in [4.69, 9.17) is 0 Å². The van der Waals surface area contributed by atoms with Crippen LogP contribution in [0.15, 0.2) is 23.7 Å². The molecule has 9 heteroatoms. The number of hydrogen-bond donors (Lipinski definition) is 2. The molecule has 3 aromatic rings. The van der Waals surface area contributed by atoms with Crippen LogP contribution in [-0.2, 0) is 0 Å². The lowest BCUT2D eigenvalue weighted by molar-refractivity contribution is 0.0286. The molecular formula is C21H23N5O2S2. The van der Waals surface area contributed by atoms with Gasteiger partial charge in [-0.05, 0) is 51.7 Å². The first-order chi connectivity index (χ1) is 14.5. The standard InChI is InChI=1S/C21H23N5O2S2/c1-11-19(30-12(2)23-11)17-10-29-21(24-17)25-18-6-3-13(9-22-18)20(28)26-14-4-5-15(26)8-16(27)7-14/h3,6,9-10,14-16,27H,4-5,7-8H2,1-2H3,(H,22,24,25)/t14-,15+,16?. The molecule has 2 aliphatic rings. The van der Waals surface area contributed by atoms with E-state index in [0.29, 0.717) is 24.2 Å². The number of amides is 1. The molecule has 0 aliphatic carbocycles. The first-order valence-corrected chi connectivity index (χ1v) is 11.8. The van der Waals surface area contributed by atoms with Gasteiger partial charge in [0.25, 0.3) is 5.91 Å². The van der Waals surface area contributed by atoms with E-state index in [1.807, 2.05) is 36.3 Å². The molecule has 0 radical (unpaired) electrons. The number of carbonyl (C=O) groups excluding carboxylic acids is 1. The highest BCUT2D eigenvalue weighted by Crippen LogP contribution is 2.37. The summed E-state index contributed by atoms with van der Waals surface area (Å²) in [5.74, 6) is 0.669. The average Bonchev–Trinajstić information content (AvgIpc) is 3.38. The quantitative estimate of drug-likeness (QED) is 0.632. The number of anilines is 2. The van der Waals surface area contributed by atoms with Crippen molar-refractivity contribution in [2.24, 2.45) is 0 Å². The van der Waals surface area contributed by atoms with Gasteiger partial charge in [0.15, 0.2) is 5.13 Å². The number of nitrogens with one attached hydrogen (secondary N) is 1. The highest BCUT2D eigenvalue weighted by molar-refractivity contribution is 7.16. The van der Waals surface area contributed by atoms with Crippen molar-refractivity contribution in [1.82, 2.24) is 19.9 Å². The second-order valence-corrected chi connectivity index (χ2v) is 10.0. The predicted molar refractivity (Wildman–Crippen MR) is 118 cm³/mol. The zero-order chi connectivity index (χ0) is 20.8. The summed E-state index contributed by atoms with van der Waals surface area (Å²) in [5, 5.41) is 17.0. The second kappa shape index (κ2) is 7.72. The van der Waals surface area contributed by atoms with Gasteiger partial charge in [0.1, 0.15) is 5.82 Å². The number of piperidine rings is 1. The SMILES string of the molecule is Cc1nc(C)c(-c2csc(Nc3ccc(C(=O)N4[C@@H]5CC[C@H]4CC(O)C5)cn3)n2)s1. The fourth-order valence-electron chi connectivity index (χ4n) is 4.54. The Balaban J connectivity index is 1.28. The number of aryl methyl sites for hydroxylation is 2. The third kappa shape index (κ3) is 3.61. The monoisotopic (exact) mass is 441 g/mol. The molecule has 5 rings (SSSR count). The van der Waals surface area contributed by atoms with Crippen LogP contribution in [0.4, 0.5) is 10.9 Å². The molecule has 3 atom stereocenters. The molecule has 5 heterocycles. The van der Waals surface area contributed by atoms with Crippen LogP contribution in [-0.4, -0.2) is 49.1 Å². The van der Waals surface area contributed by atoms with Crippen molar-refractivity contribution < 1.29 is 9.90 Å². The zero-order valence-corrected chi connectivity index (χ0v) is 18.5. The first kappa shape index (κ1) is 19.6. The van der Waals surface area contributed by atoms with E-state index in [0.717, 1.165) is 39.2 Å². The normalized spacial score (nSPS) is 23.0. The predicted octanol–water partition coefficient (Wildman–Crippen LogP) is 4.15. The van der Waals surface area contributed by atoms with Crippen molar-refractivity contribution in [2.75, 3.05) is 5.32 Å². The Morgan fingerprint density at radius 1 is 1.20 bits per heavy atom. The summed E-state index contributed by atoms with van der Waals surface area (Å²) in [7, 11) is 0. The topological polar surface area (TPSA) is 91.2 Å². The van der Waals surface area contributed by atoms with Gasteiger partial charge >= 0.3 is 0 Å². The molecule has 2 fully saturated rings. The van der Waals surface area contributed by atoms with Gasteiger partial charge in [-0.2, -0.15) is 0 Å². The van der Waals surface area contributed by atoms with Gasteiger partial charge in [-0.15, -0.1) is 22.7 Å². The summed E-state index contributed by atoms with van der Waals surface area (Å²) < 4.78 is 0. The summed E-state index contributed by atoms with van der Waals surface area (Å²) in [6, 6.07) is 3.93. The van der Waals surface area contributed by atoms with Crippen molar-refractivity contribution in [3.63, 3.8) is 0 Å². The van der Waals surface area contributed by atoms with E-state index >= 15 is 0 Å². The maximum atomic E-state index is 13.0. The van der Waals surface area contributed by atoms with Crippen LogP contribution >= 0.6 is 22.7 Å². The van der Waals surface area contributed by atoms with Gasteiger partial charge < -0.3 is 15.3 Å². The summed E-state index contributed by atoms with van der Waals surface area (Å²) in [6.45, 7) is 3.99. The van der Waals surface area contributed by atoms with E-state index in [9.17, 15) is 9.90 Å². The number of carbonyl (C=O) groups is 1. The Kier molecular flexibility index (Phi) is 5.04. The number of aliphatic hydroxyl groups excluding tert-OH is 1. The average molecular weight is 442 g/mol. The molecule has 2 aliphatic heterocycles. The van der Waals surface area contributed by atoms with E-state index < -0.39 is 0 Å². The summed E-state index contributed by atoms with van der Waals surface area (Å²) in [5.41, 5.74) is 2.50. The lowest BCUT2D eigenvalue weighted by Gasteiger charge is -2.37. The maximum Gasteiger partial charge on any atom is 0.255 e. The van der Waals surface area contributed by atoms with Crippen LogP contribution in [0.5, 0.6) is 0 Å². The fourth-order valence-corrected chi connectivity index (χ4v) is 6.20. The van der Waals surface area contributed by atoms with E-state index in [-0.39, 0.29) is 24.1 Å². The highest BCUT2D eigenvalue weighted by Gasteiger charge is 2.42. The van der Waals surface area contributed by atoms with Crippen molar-refractivity contribution in [2.45, 2.75) is 57.7 Å². The molecule has 156 valence electrons. The minimum Gasteiger partial charge on any atom is -0.393 e. The molecule has 2 bridgehead atoms. The first-order valence-electron chi connectivity index (χ1n) is 10.1. The van der Waals surface area contributed by atoms with Crippen molar-refractivity contribution in [1.29, 1.82) is 0 Å². The third-order valence-electron chi connectivity index (χ3n) is 5.83. The number of hydrogen-bond acceptors (Lipinski definition) is 8. The van der Waals surface area contributed by atoms with Gasteiger partial charge in [0.05, 0.1) is 32.9 Å². The van der Waals surface area contributed by atoms with Crippen LogP contribution in [0.1, 0.15) is 46.7 Å². The van der Waals surface area contributed by atoms with Crippen molar-refractivity contribution in [3.8, 4) is 10.6 Å². The lowest BCUT2D eigenvalue weighted by Crippen LogP contribution is -2.48. The Morgan fingerprint density at radius 3 is 2.60 bits per heavy atom. The number of thiazole rings is 2.